The molecule has 0 radical (unpaired) electrons. The fraction of sp³-hybridized carbons (Fsp3) is 0.167. The van der Waals surface area contributed by atoms with Gasteiger partial charge >= 0.3 is 5.97 Å². The second-order valence-electron chi connectivity index (χ2n) is 5.55. The summed E-state index contributed by atoms with van der Waals surface area (Å²) >= 11 is 0. The molecular weight excluding hydrogens is 310 g/mol. The van der Waals surface area contributed by atoms with Gasteiger partial charge in [-0.2, -0.15) is 0 Å². The Hall–Kier alpha value is -3.15. The molecule has 0 spiro atoms. The molecule has 0 unspecified atom stereocenters. The number of carbonyl (C=O) groups is 3. The number of carbonyl (C=O) groups excluding carboxylic acids is 2. The highest BCUT2D eigenvalue weighted by atomic mass is 16.5. The Morgan fingerprint density at radius 2 is 1.79 bits per heavy atom. The minimum absolute atomic E-state index is 0.0276. The largest absolute Gasteiger partial charge is 0.482 e. The van der Waals surface area contributed by atoms with E-state index in [0.29, 0.717) is 17.0 Å². The number of carboxylic acids is 1. The number of aryl methyl sites for hydroxylation is 1. The van der Waals surface area contributed by atoms with Crippen molar-refractivity contribution in [1.29, 1.82) is 0 Å². The zero-order valence-corrected chi connectivity index (χ0v) is 13.0. The molecule has 0 aromatic heterocycles. The predicted molar refractivity (Wildman–Crippen MR) is 86.8 cm³/mol. The van der Waals surface area contributed by atoms with Gasteiger partial charge in [-0.25, -0.2) is 4.79 Å². The third-order valence-electron chi connectivity index (χ3n) is 3.82. The van der Waals surface area contributed by atoms with Gasteiger partial charge in [-0.3, -0.25) is 14.5 Å². The average Bonchev–Trinajstić information content (AvgIpc) is 2.57. The molecule has 122 valence electrons. The number of hydrogen-bond donors (Lipinski definition) is 1. The van der Waals surface area contributed by atoms with Gasteiger partial charge in [-0.15, -0.1) is 0 Å². The van der Waals surface area contributed by atoms with Crippen molar-refractivity contribution >= 4 is 23.3 Å². The lowest BCUT2D eigenvalue weighted by Gasteiger charge is -2.29. The Morgan fingerprint density at radius 3 is 2.46 bits per heavy atom. The fourth-order valence-corrected chi connectivity index (χ4v) is 2.48. The topological polar surface area (TPSA) is 83.9 Å². The number of ether oxygens (including phenoxy) is 1. The minimum atomic E-state index is -1.11. The van der Waals surface area contributed by atoms with E-state index in [9.17, 15) is 14.4 Å². The average molecular weight is 325 g/mol. The van der Waals surface area contributed by atoms with Crippen molar-refractivity contribution < 1.29 is 24.2 Å². The van der Waals surface area contributed by atoms with Crippen LogP contribution in [-0.2, 0) is 4.79 Å². The van der Waals surface area contributed by atoms with Crippen LogP contribution in [0.25, 0.3) is 0 Å². The normalized spacial score (nSPS) is 13.2. The Balaban J connectivity index is 1.92. The summed E-state index contributed by atoms with van der Waals surface area (Å²) in [6.45, 7) is 1.57. The number of Topliss-reactive ketones (excluding diaryl/α,β-unsaturated/α-hetero) is 1. The molecule has 0 saturated carbocycles. The van der Waals surface area contributed by atoms with Gasteiger partial charge in [-0.1, -0.05) is 29.8 Å². The maximum atomic E-state index is 12.4. The summed E-state index contributed by atoms with van der Waals surface area (Å²) in [5.41, 5.74) is 1.85. The maximum Gasteiger partial charge on any atom is 0.335 e. The second-order valence-corrected chi connectivity index (χ2v) is 5.55. The van der Waals surface area contributed by atoms with Crippen molar-refractivity contribution in [1.82, 2.24) is 0 Å². The molecule has 0 bridgehead atoms. The molecule has 24 heavy (non-hydrogen) atoms. The molecule has 1 heterocycles. The molecule has 1 aliphatic rings. The van der Waals surface area contributed by atoms with Crippen LogP contribution in [0, 0.1) is 6.92 Å². The van der Waals surface area contributed by atoms with E-state index in [2.05, 4.69) is 0 Å². The highest BCUT2D eigenvalue weighted by Crippen LogP contribution is 2.33. The second kappa shape index (κ2) is 6.16. The van der Waals surface area contributed by atoms with Crippen molar-refractivity contribution in [2.45, 2.75) is 6.92 Å². The number of benzene rings is 2. The van der Waals surface area contributed by atoms with Crippen molar-refractivity contribution in [3.05, 3.63) is 59.2 Å². The van der Waals surface area contributed by atoms with Crippen LogP contribution in [0.15, 0.2) is 42.5 Å². The summed E-state index contributed by atoms with van der Waals surface area (Å²) in [6.07, 6.45) is 0. The number of nitrogens with zero attached hydrogens (tertiary/aromatic N) is 1. The van der Waals surface area contributed by atoms with Crippen LogP contribution in [0.2, 0.25) is 0 Å². The number of ketones is 1. The molecular formula is C18H15NO5. The first-order valence-corrected chi connectivity index (χ1v) is 7.36. The highest BCUT2D eigenvalue weighted by Gasteiger charge is 2.28. The van der Waals surface area contributed by atoms with Crippen LogP contribution < -0.4 is 9.64 Å². The third-order valence-corrected chi connectivity index (χ3v) is 3.82. The molecule has 6 nitrogen and oxygen atoms in total. The molecule has 3 rings (SSSR count). The van der Waals surface area contributed by atoms with Crippen molar-refractivity contribution in [3.8, 4) is 5.75 Å². The van der Waals surface area contributed by atoms with Gasteiger partial charge in [0.1, 0.15) is 5.75 Å². The smallest absolute Gasteiger partial charge is 0.335 e. The first-order valence-electron chi connectivity index (χ1n) is 7.36. The van der Waals surface area contributed by atoms with Gasteiger partial charge in [0.25, 0.3) is 5.91 Å². The van der Waals surface area contributed by atoms with E-state index in [-0.39, 0.29) is 30.4 Å². The number of hydrogen-bond acceptors (Lipinski definition) is 4. The molecule has 2 aromatic rings. The Bertz CT molecular complexity index is 826. The summed E-state index contributed by atoms with van der Waals surface area (Å²) < 4.78 is 5.31. The first kappa shape index (κ1) is 15.7. The molecule has 1 aliphatic heterocycles. The number of amides is 1. The summed E-state index contributed by atoms with van der Waals surface area (Å²) in [6, 6.07) is 11.3. The zero-order chi connectivity index (χ0) is 17.3. The number of carboxylic acid groups (broad SMARTS) is 1. The van der Waals surface area contributed by atoms with Gasteiger partial charge in [-0.05, 0) is 25.1 Å². The van der Waals surface area contributed by atoms with Gasteiger partial charge in [0.05, 0.1) is 17.8 Å². The fourth-order valence-electron chi connectivity index (χ4n) is 2.48. The summed E-state index contributed by atoms with van der Waals surface area (Å²) in [5.74, 6) is -1.33. The lowest BCUT2D eigenvalue weighted by molar-refractivity contribution is -0.121. The molecule has 0 fully saturated rings. The van der Waals surface area contributed by atoms with Crippen LogP contribution in [0.3, 0.4) is 0 Å². The van der Waals surface area contributed by atoms with Crippen LogP contribution >= 0.6 is 0 Å². The monoisotopic (exact) mass is 325 g/mol. The van der Waals surface area contributed by atoms with Gasteiger partial charge in [0.15, 0.2) is 12.4 Å². The maximum absolute atomic E-state index is 12.4. The highest BCUT2D eigenvalue weighted by molar-refractivity contribution is 6.07. The lowest BCUT2D eigenvalue weighted by Crippen LogP contribution is -2.42. The standard InChI is InChI=1S/C18H15NO5/c1-11-2-4-12(5-3-11)15(20)9-19-14-8-13(18(22)23)6-7-16(14)24-10-17(19)21/h2-8H,9-10H2,1H3,(H,22,23). The van der Waals surface area contributed by atoms with E-state index in [4.69, 9.17) is 9.84 Å². The SMILES string of the molecule is Cc1ccc(C(=O)CN2C(=O)COc3ccc(C(=O)O)cc32)cc1. The Kier molecular flexibility index (Phi) is 4.04. The van der Waals surface area contributed by atoms with E-state index < -0.39 is 5.97 Å². The van der Waals surface area contributed by atoms with E-state index in [1.165, 1.54) is 23.1 Å². The van der Waals surface area contributed by atoms with E-state index in [1.807, 2.05) is 19.1 Å². The van der Waals surface area contributed by atoms with Gasteiger partial charge in [0.2, 0.25) is 0 Å². The van der Waals surface area contributed by atoms with Crippen LogP contribution in [0.1, 0.15) is 26.3 Å². The van der Waals surface area contributed by atoms with Crippen molar-refractivity contribution in [3.63, 3.8) is 0 Å². The quantitative estimate of drug-likeness (QED) is 0.872. The van der Waals surface area contributed by atoms with Crippen molar-refractivity contribution in [2.75, 3.05) is 18.1 Å². The first-order chi connectivity index (χ1) is 11.5. The van der Waals surface area contributed by atoms with Crippen LogP contribution in [0.4, 0.5) is 5.69 Å². The number of rotatable bonds is 4. The number of anilines is 1. The van der Waals surface area contributed by atoms with E-state index >= 15 is 0 Å². The summed E-state index contributed by atoms with van der Waals surface area (Å²) in [4.78, 5) is 37.0. The van der Waals surface area contributed by atoms with E-state index in [1.54, 1.807) is 12.1 Å². The minimum Gasteiger partial charge on any atom is -0.482 e. The van der Waals surface area contributed by atoms with Gasteiger partial charge < -0.3 is 9.84 Å². The zero-order valence-electron chi connectivity index (χ0n) is 13.0. The molecule has 0 aliphatic carbocycles. The molecule has 1 amide bonds. The van der Waals surface area contributed by atoms with Crippen molar-refractivity contribution in [2.24, 2.45) is 0 Å². The summed E-state index contributed by atoms with van der Waals surface area (Å²) in [7, 11) is 0. The molecule has 0 saturated heterocycles. The van der Waals surface area contributed by atoms with Gasteiger partial charge in [0, 0.05) is 5.56 Å². The number of aromatic carboxylic acids is 1. The molecule has 6 heteroatoms. The number of fused-ring (bicyclic) bond motifs is 1. The Labute approximate surface area is 138 Å². The molecule has 2 aromatic carbocycles. The van der Waals surface area contributed by atoms with Crippen LogP contribution in [-0.4, -0.2) is 35.9 Å². The molecule has 1 N–H and O–H groups in total. The Morgan fingerprint density at radius 1 is 1.12 bits per heavy atom. The third kappa shape index (κ3) is 2.99. The predicted octanol–water partition coefficient (Wildman–Crippen LogP) is 2.30. The van der Waals surface area contributed by atoms with Crippen LogP contribution in [0.5, 0.6) is 5.75 Å². The molecule has 0 atom stereocenters. The lowest BCUT2D eigenvalue weighted by atomic mass is 10.1. The summed E-state index contributed by atoms with van der Waals surface area (Å²) in [5, 5.41) is 9.11. The van der Waals surface area contributed by atoms with E-state index in [0.717, 1.165) is 5.56 Å².